The Balaban J connectivity index is 3.08. The third-order valence-corrected chi connectivity index (χ3v) is 4.74. The molecule has 0 aliphatic heterocycles. The standard InChI is InChI=1S/C20H26O4/c1-11(19(13(3)21)14(4)22)17-7-9-18(10-8-17)12(2)20(15(5)23)16(6)24/h7-12,19-20H,1-6H3. The number of benzene rings is 1. The highest BCUT2D eigenvalue weighted by Crippen LogP contribution is 2.30. The Morgan fingerprint density at radius 3 is 0.958 bits per heavy atom. The smallest absolute Gasteiger partial charge is 0.140 e. The molecule has 0 N–H and O–H groups in total. The second kappa shape index (κ2) is 8.13. The molecule has 0 heterocycles. The largest absolute Gasteiger partial charge is 0.299 e. The second-order valence-electron chi connectivity index (χ2n) is 6.64. The van der Waals surface area contributed by atoms with Crippen LogP contribution in [0.3, 0.4) is 0 Å². The predicted molar refractivity (Wildman–Crippen MR) is 93.0 cm³/mol. The second-order valence-corrected chi connectivity index (χ2v) is 6.64. The van der Waals surface area contributed by atoms with Crippen LogP contribution in [0.1, 0.15) is 64.5 Å². The van der Waals surface area contributed by atoms with Gasteiger partial charge >= 0.3 is 0 Å². The van der Waals surface area contributed by atoms with Gasteiger partial charge in [-0.15, -0.1) is 0 Å². The normalized spacial score (nSPS) is 13.7. The fraction of sp³-hybridized carbons (Fsp3) is 0.500. The first-order valence-electron chi connectivity index (χ1n) is 8.19. The zero-order valence-corrected chi connectivity index (χ0v) is 15.3. The summed E-state index contributed by atoms with van der Waals surface area (Å²) in [6.45, 7) is 9.46. The molecule has 24 heavy (non-hydrogen) atoms. The molecule has 0 saturated heterocycles. The fourth-order valence-corrected chi connectivity index (χ4v) is 3.47. The molecule has 1 aromatic rings. The molecular weight excluding hydrogens is 304 g/mol. The Hall–Kier alpha value is -2.10. The van der Waals surface area contributed by atoms with E-state index in [0.29, 0.717) is 0 Å². The van der Waals surface area contributed by atoms with Gasteiger partial charge in [0, 0.05) is 0 Å². The molecule has 0 aliphatic rings. The molecule has 0 radical (unpaired) electrons. The molecule has 130 valence electrons. The summed E-state index contributed by atoms with van der Waals surface area (Å²) in [7, 11) is 0. The van der Waals surface area contributed by atoms with Crippen LogP contribution in [0.15, 0.2) is 24.3 Å². The lowest BCUT2D eigenvalue weighted by atomic mass is 9.80. The summed E-state index contributed by atoms with van der Waals surface area (Å²) in [5.74, 6) is -2.25. The van der Waals surface area contributed by atoms with Crippen molar-refractivity contribution in [2.45, 2.75) is 53.4 Å². The van der Waals surface area contributed by atoms with Gasteiger partial charge < -0.3 is 0 Å². The summed E-state index contributed by atoms with van der Waals surface area (Å²) in [5.41, 5.74) is 1.78. The minimum Gasteiger partial charge on any atom is -0.299 e. The predicted octanol–water partition coefficient (Wildman–Crippen LogP) is 3.48. The first-order chi connectivity index (χ1) is 11.1. The number of carbonyl (C=O) groups excluding carboxylic acids is 4. The van der Waals surface area contributed by atoms with Crippen molar-refractivity contribution in [2.75, 3.05) is 0 Å². The van der Waals surface area contributed by atoms with E-state index in [0.717, 1.165) is 11.1 Å². The zero-order valence-electron chi connectivity index (χ0n) is 15.3. The first-order valence-corrected chi connectivity index (χ1v) is 8.19. The van der Waals surface area contributed by atoms with Gasteiger partial charge in [-0.3, -0.25) is 19.2 Å². The van der Waals surface area contributed by atoms with Gasteiger partial charge in [-0.2, -0.15) is 0 Å². The van der Waals surface area contributed by atoms with Crippen LogP contribution in [0.25, 0.3) is 0 Å². The Kier molecular flexibility index (Phi) is 6.76. The Morgan fingerprint density at radius 1 is 0.583 bits per heavy atom. The van der Waals surface area contributed by atoms with Gasteiger partial charge in [0.15, 0.2) is 0 Å². The Morgan fingerprint density at radius 2 is 0.792 bits per heavy atom. The minimum absolute atomic E-state index is 0.138. The first kappa shape index (κ1) is 19.9. The van der Waals surface area contributed by atoms with Crippen molar-refractivity contribution < 1.29 is 19.2 Å². The summed E-state index contributed by atoms with van der Waals surface area (Å²) < 4.78 is 0. The van der Waals surface area contributed by atoms with Gasteiger partial charge in [-0.25, -0.2) is 0 Å². The Labute approximate surface area is 143 Å². The summed E-state index contributed by atoms with van der Waals surface area (Å²) in [4.78, 5) is 46.9. The molecule has 0 amide bonds. The minimum atomic E-state index is -0.643. The maximum atomic E-state index is 11.7. The van der Waals surface area contributed by atoms with E-state index in [-0.39, 0.29) is 35.0 Å². The average molecular weight is 330 g/mol. The van der Waals surface area contributed by atoms with E-state index in [4.69, 9.17) is 0 Å². The maximum absolute atomic E-state index is 11.7. The molecule has 1 rings (SSSR count). The molecule has 0 aliphatic carbocycles. The van der Waals surface area contributed by atoms with E-state index in [1.807, 2.05) is 38.1 Å². The molecule has 4 heteroatoms. The van der Waals surface area contributed by atoms with E-state index >= 15 is 0 Å². The van der Waals surface area contributed by atoms with Gasteiger partial charge in [0.1, 0.15) is 23.1 Å². The number of rotatable bonds is 8. The highest BCUT2D eigenvalue weighted by molar-refractivity contribution is 6.01. The monoisotopic (exact) mass is 330 g/mol. The van der Waals surface area contributed by atoms with Crippen LogP contribution >= 0.6 is 0 Å². The lowest BCUT2D eigenvalue weighted by molar-refractivity contribution is -0.132. The number of Topliss-reactive ketones (excluding diaryl/α,β-unsaturated/α-hetero) is 4. The van der Waals surface area contributed by atoms with Gasteiger partial charge in [0.2, 0.25) is 0 Å². The average Bonchev–Trinajstić information content (AvgIpc) is 2.45. The number of ketones is 4. The van der Waals surface area contributed by atoms with Crippen molar-refractivity contribution >= 4 is 23.1 Å². The van der Waals surface area contributed by atoms with Gasteiger partial charge in [-0.05, 0) is 50.7 Å². The topological polar surface area (TPSA) is 68.3 Å². The van der Waals surface area contributed by atoms with Crippen LogP contribution in [-0.2, 0) is 19.2 Å². The van der Waals surface area contributed by atoms with Gasteiger partial charge in [0.25, 0.3) is 0 Å². The van der Waals surface area contributed by atoms with Crippen LogP contribution in [0.4, 0.5) is 0 Å². The third kappa shape index (κ3) is 4.47. The van der Waals surface area contributed by atoms with Crippen molar-refractivity contribution in [1.82, 2.24) is 0 Å². The van der Waals surface area contributed by atoms with E-state index in [9.17, 15) is 19.2 Å². The zero-order chi connectivity index (χ0) is 18.6. The molecule has 0 spiro atoms. The summed E-state index contributed by atoms with van der Waals surface area (Å²) in [6.07, 6.45) is 0. The van der Waals surface area contributed by atoms with Crippen molar-refractivity contribution in [2.24, 2.45) is 11.8 Å². The molecule has 4 nitrogen and oxygen atoms in total. The van der Waals surface area contributed by atoms with E-state index in [1.54, 1.807) is 0 Å². The van der Waals surface area contributed by atoms with Crippen LogP contribution in [0.2, 0.25) is 0 Å². The number of hydrogen-bond donors (Lipinski definition) is 0. The number of hydrogen-bond acceptors (Lipinski definition) is 4. The van der Waals surface area contributed by atoms with Gasteiger partial charge in [0.05, 0.1) is 11.8 Å². The summed E-state index contributed by atoms with van der Waals surface area (Å²) >= 11 is 0. The summed E-state index contributed by atoms with van der Waals surface area (Å²) in [5, 5.41) is 0. The molecule has 2 unspecified atom stereocenters. The van der Waals surface area contributed by atoms with Crippen molar-refractivity contribution in [3.8, 4) is 0 Å². The fourth-order valence-electron chi connectivity index (χ4n) is 3.47. The van der Waals surface area contributed by atoms with Crippen LogP contribution in [-0.4, -0.2) is 23.1 Å². The van der Waals surface area contributed by atoms with Crippen molar-refractivity contribution in [3.05, 3.63) is 35.4 Å². The summed E-state index contributed by atoms with van der Waals surface area (Å²) in [6, 6.07) is 7.47. The van der Waals surface area contributed by atoms with Crippen LogP contribution in [0.5, 0.6) is 0 Å². The molecule has 0 aromatic heterocycles. The van der Waals surface area contributed by atoms with Crippen molar-refractivity contribution in [3.63, 3.8) is 0 Å². The highest BCUT2D eigenvalue weighted by atomic mass is 16.2. The quantitative estimate of drug-likeness (QED) is 0.684. The Bertz CT molecular complexity index is 557. The van der Waals surface area contributed by atoms with E-state index in [2.05, 4.69) is 0 Å². The van der Waals surface area contributed by atoms with Crippen molar-refractivity contribution in [1.29, 1.82) is 0 Å². The molecular formula is C20H26O4. The lowest BCUT2D eigenvalue weighted by Crippen LogP contribution is -2.26. The molecule has 2 atom stereocenters. The van der Waals surface area contributed by atoms with Crippen LogP contribution in [0, 0.1) is 11.8 Å². The molecule has 1 aromatic carbocycles. The van der Waals surface area contributed by atoms with Crippen LogP contribution < -0.4 is 0 Å². The van der Waals surface area contributed by atoms with E-state index in [1.165, 1.54) is 27.7 Å². The maximum Gasteiger partial charge on any atom is 0.140 e. The molecule has 0 bridgehead atoms. The van der Waals surface area contributed by atoms with E-state index < -0.39 is 11.8 Å². The SMILES string of the molecule is CC(=O)C(C(C)=O)C(C)c1ccc(C(C)C(C(C)=O)C(C)=O)cc1. The van der Waals surface area contributed by atoms with Gasteiger partial charge in [-0.1, -0.05) is 38.1 Å². The molecule has 0 saturated carbocycles. The highest BCUT2D eigenvalue weighted by Gasteiger charge is 2.29. The molecule has 0 fully saturated rings. The lowest BCUT2D eigenvalue weighted by Gasteiger charge is -2.22. The number of carbonyl (C=O) groups is 4. The third-order valence-electron chi connectivity index (χ3n) is 4.74.